The normalized spacial score (nSPS) is 22.1. The molecule has 2 rings (SSSR count). The van der Waals surface area contributed by atoms with Crippen molar-refractivity contribution in [3.05, 3.63) is 23.8 Å². The molecule has 0 bridgehead atoms. The molecule has 0 radical (unpaired) electrons. The zero-order chi connectivity index (χ0) is 14.0. The third-order valence-electron chi connectivity index (χ3n) is 3.79. The Bertz CT molecular complexity index is 549. The summed E-state index contributed by atoms with van der Waals surface area (Å²) in [6.07, 6.45) is 0.781. The number of nitriles is 1. The molecule has 1 aliphatic rings. The van der Waals surface area contributed by atoms with Crippen LogP contribution in [0.5, 0.6) is 0 Å². The number of carbonyl (C=O) groups is 1. The number of nitrogen functional groups attached to an aromatic ring is 1. The lowest BCUT2D eigenvalue weighted by molar-refractivity contribution is -0.128. The molecule has 1 unspecified atom stereocenters. The predicted octanol–water partition coefficient (Wildman–Crippen LogP) is 1.10. The highest BCUT2D eigenvalue weighted by Gasteiger charge is 2.40. The van der Waals surface area contributed by atoms with Gasteiger partial charge in [-0.05, 0) is 25.5 Å². The van der Waals surface area contributed by atoms with Gasteiger partial charge in [-0.3, -0.25) is 4.79 Å². The molecule has 1 atom stereocenters. The molecule has 1 aromatic rings. The fourth-order valence-corrected chi connectivity index (χ4v) is 2.58. The van der Waals surface area contributed by atoms with Crippen LogP contribution in [0.2, 0.25) is 0 Å². The summed E-state index contributed by atoms with van der Waals surface area (Å²) in [6.45, 7) is 3.34. The Labute approximate surface area is 113 Å². The van der Waals surface area contributed by atoms with E-state index in [1.807, 2.05) is 19.1 Å². The van der Waals surface area contributed by atoms with Crippen LogP contribution in [0.3, 0.4) is 0 Å². The van der Waals surface area contributed by atoms with E-state index in [1.165, 1.54) is 0 Å². The van der Waals surface area contributed by atoms with Gasteiger partial charge in [0.05, 0.1) is 22.4 Å². The Balaban J connectivity index is 2.27. The quantitative estimate of drug-likeness (QED) is 0.778. The van der Waals surface area contributed by atoms with Gasteiger partial charge in [0.2, 0.25) is 5.91 Å². The minimum absolute atomic E-state index is 0.0463. The molecule has 5 nitrogen and oxygen atoms in total. The molecule has 100 valence electrons. The Morgan fingerprint density at radius 1 is 1.58 bits per heavy atom. The number of hydrogen-bond donors (Lipinski definition) is 2. The molecule has 1 saturated heterocycles. The minimum atomic E-state index is -0.399. The van der Waals surface area contributed by atoms with E-state index in [2.05, 4.69) is 16.3 Å². The summed E-state index contributed by atoms with van der Waals surface area (Å²) in [6, 6.07) is 7.50. The lowest BCUT2D eigenvalue weighted by atomic mass is 9.89. The van der Waals surface area contributed by atoms with Gasteiger partial charge in [-0.25, -0.2) is 0 Å². The number of carbonyl (C=O) groups excluding carboxylic acids is 1. The van der Waals surface area contributed by atoms with E-state index in [0.717, 1.165) is 18.7 Å². The summed E-state index contributed by atoms with van der Waals surface area (Å²) in [5, 5.41) is 11.7. The first-order valence-electron chi connectivity index (χ1n) is 6.27. The van der Waals surface area contributed by atoms with Crippen molar-refractivity contribution in [3.63, 3.8) is 0 Å². The molecule has 19 heavy (non-hydrogen) atoms. The van der Waals surface area contributed by atoms with E-state index in [1.54, 1.807) is 13.1 Å². The zero-order valence-corrected chi connectivity index (χ0v) is 11.2. The first-order valence-corrected chi connectivity index (χ1v) is 6.27. The molecule has 5 heteroatoms. The minimum Gasteiger partial charge on any atom is -0.396 e. The Morgan fingerprint density at radius 2 is 2.32 bits per heavy atom. The zero-order valence-electron chi connectivity index (χ0n) is 11.2. The van der Waals surface area contributed by atoms with Crippen LogP contribution < -0.4 is 16.0 Å². The highest BCUT2D eigenvalue weighted by Crippen LogP contribution is 2.36. The van der Waals surface area contributed by atoms with Gasteiger partial charge in [0, 0.05) is 20.1 Å². The van der Waals surface area contributed by atoms with E-state index < -0.39 is 5.41 Å². The summed E-state index contributed by atoms with van der Waals surface area (Å²) < 4.78 is 0. The van der Waals surface area contributed by atoms with Gasteiger partial charge in [-0.2, -0.15) is 5.26 Å². The summed E-state index contributed by atoms with van der Waals surface area (Å²) >= 11 is 0. The van der Waals surface area contributed by atoms with Crippen molar-refractivity contribution in [3.8, 4) is 6.07 Å². The van der Waals surface area contributed by atoms with Crippen molar-refractivity contribution in [2.45, 2.75) is 13.3 Å². The van der Waals surface area contributed by atoms with E-state index in [4.69, 9.17) is 11.0 Å². The number of rotatable bonds is 2. The maximum Gasteiger partial charge on any atom is 0.227 e. The van der Waals surface area contributed by atoms with Gasteiger partial charge in [0.15, 0.2) is 0 Å². The van der Waals surface area contributed by atoms with Crippen molar-refractivity contribution >= 4 is 17.3 Å². The summed E-state index contributed by atoms with van der Waals surface area (Å²) in [7, 11) is 1.65. The van der Waals surface area contributed by atoms with E-state index in [0.29, 0.717) is 17.8 Å². The third-order valence-corrected chi connectivity index (χ3v) is 3.79. The van der Waals surface area contributed by atoms with Gasteiger partial charge in [-0.15, -0.1) is 0 Å². The SMILES string of the molecule is CNC(=O)C1(C)CCN(c2cccc(C#N)c2N)C1. The Hall–Kier alpha value is -2.22. The topological polar surface area (TPSA) is 82.2 Å². The molecule has 1 heterocycles. The third kappa shape index (κ3) is 2.22. The van der Waals surface area contributed by atoms with Crippen molar-refractivity contribution in [1.29, 1.82) is 5.26 Å². The van der Waals surface area contributed by atoms with Gasteiger partial charge in [0.25, 0.3) is 0 Å². The summed E-state index contributed by atoms with van der Waals surface area (Å²) in [5.74, 6) is 0.0463. The molecular formula is C14H18N4O. The van der Waals surface area contributed by atoms with Crippen LogP contribution in [-0.4, -0.2) is 26.0 Å². The second kappa shape index (κ2) is 4.81. The van der Waals surface area contributed by atoms with Crippen LogP contribution >= 0.6 is 0 Å². The van der Waals surface area contributed by atoms with Gasteiger partial charge in [-0.1, -0.05) is 6.07 Å². The number of benzene rings is 1. The highest BCUT2D eigenvalue weighted by molar-refractivity contribution is 5.84. The number of hydrogen-bond acceptors (Lipinski definition) is 4. The van der Waals surface area contributed by atoms with Crippen molar-refractivity contribution < 1.29 is 4.79 Å². The lowest BCUT2D eigenvalue weighted by Crippen LogP contribution is -2.39. The van der Waals surface area contributed by atoms with E-state index in [-0.39, 0.29) is 5.91 Å². The van der Waals surface area contributed by atoms with Crippen LogP contribution in [0.1, 0.15) is 18.9 Å². The first-order chi connectivity index (χ1) is 9.01. The molecule has 1 amide bonds. The number of para-hydroxylation sites is 1. The second-order valence-electron chi connectivity index (χ2n) is 5.16. The van der Waals surface area contributed by atoms with Crippen LogP contribution in [0.25, 0.3) is 0 Å². The standard InChI is InChI=1S/C14H18N4O/c1-14(13(19)17-2)6-7-18(9-14)11-5-3-4-10(8-15)12(11)16/h3-5H,6-7,9,16H2,1-2H3,(H,17,19). The monoisotopic (exact) mass is 258 g/mol. The molecule has 1 aliphatic heterocycles. The average Bonchev–Trinajstić information content (AvgIpc) is 2.82. The van der Waals surface area contributed by atoms with Crippen molar-refractivity contribution in [2.75, 3.05) is 30.8 Å². The number of nitrogens with two attached hydrogens (primary N) is 1. The lowest BCUT2D eigenvalue weighted by Gasteiger charge is -2.25. The molecule has 0 spiro atoms. The Kier molecular flexibility index (Phi) is 3.34. The molecule has 0 aliphatic carbocycles. The average molecular weight is 258 g/mol. The summed E-state index contributed by atoms with van der Waals surface area (Å²) in [4.78, 5) is 14.0. The molecule has 1 fully saturated rings. The summed E-state index contributed by atoms with van der Waals surface area (Å²) in [5.41, 5.74) is 7.42. The van der Waals surface area contributed by atoms with E-state index >= 15 is 0 Å². The number of amides is 1. The maximum absolute atomic E-state index is 11.9. The van der Waals surface area contributed by atoms with E-state index in [9.17, 15) is 4.79 Å². The van der Waals surface area contributed by atoms with Crippen LogP contribution in [0.4, 0.5) is 11.4 Å². The van der Waals surface area contributed by atoms with Crippen LogP contribution in [-0.2, 0) is 4.79 Å². The van der Waals surface area contributed by atoms with Gasteiger partial charge >= 0.3 is 0 Å². The second-order valence-corrected chi connectivity index (χ2v) is 5.16. The smallest absolute Gasteiger partial charge is 0.227 e. The molecule has 0 aromatic heterocycles. The number of nitrogens with one attached hydrogen (secondary N) is 1. The number of nitrogens with zero attached hydrogens (tertiary/aromatic N) is 2. The fraction of sp³-hybridized carbons (Fsp3) is 0.429. The number of anilines is 2. The predicted molar refractivity (Wildman–Crippen MR) is 74.6 cm³/mol. The fourth-order valence-electron chi connectivity index (χ4n) is 2.58. The molecule has 1 aromatic carbocycles. The molecule has 3 N–H and O–H groups in total. The molecule has 0 saturated carbocycles. The van der Waals surface area contributed by atoms with Gasteiger partial charge < -0.3 is 16.0 Å². The highest BCUT2D eigenvalue weighted by atomic mass is 16.2. The Morgan fingerprint density at radius 3 is 2.95 bits per heavy atom. The first kappa shape index (κ1) is 13.2. The van der Waals surface area contributed by atoms with Crippen molar-refractivity contribution in [2.24, 2.45) is 5.41 Å². The molecular weight excluding hydrogens is 240 g/mol. The van der Waals surface area contributed by atoms with Crippen LogP contribution in [0.15, 0.2) is 18.2 Å². The maximum atomic E-state index is 11.9. The van der Waals surface area contributed by atoms with Crippen LogP contribution in [0, 0.1) is 16.7 Å². The van der Waals surface area contributed by atoms with Gasteiger partial charge in [0.1, 0.15) is 6.07 Å². The van der Waals surface area contributed by atoms with Crippen molar-refractivity contribution in [1.82, 2.24) is 5.32 Å². The largest absolute Gasteiger partial charge is 0.396 e.